The van der Waals surface area contributed by atoms with Gasteiger partial charge in [-0.1, -0.05) is 6.07 Å². The lowest BCUT2D eigenvalue weighted by Crippen LogP contribution is -2.18. The van der Waals surface area contributed by atoms with E-state index in [1.165, 1.54) is 5.69 Å². The molecule has 5 heteroatoms. The van der Waals surface area contributed by atoms with Gasteiger partial charge < -0.3 is 14.3 Å². The molecule has 0 unspecified atom stereocenters. The molecular weight excluding hydrogens is 250 g/mol. The predicted molar refractivity (Wildman–Crippen MR) is 78.5 cm³/mol. The highest BCUT2D eigenvalue weighted by Crippen LogP contribution is 2.11. The summed E-state index contributed by atoms with van der Waals surface area (Å²) in [5.74, 6) is 0. The number of aromatic nitrogens is 4. The van der Waals surface area contributed by atoms with Crippen molar-refractivity contribution in [3.8, 4) is 0 Å². The maximum atomic E-state index is 4.56. The molecule has 0 saturated carbocycles. The summed E-state index contributed by atoms with van der Waals surface area (Å²) in [6.07, 6.45) is 8.82. The minimum absolute atomic E-state index is 0.848. The Balaban J connectivity index is 1.53. The molecule has 104 valence electrons. The summed E-state index contributed by atoms with van der Waals surface area (Å²) < 4.78 is 4.25. The van der Waals surface area contributed by atoms with Gasteiger partial charge in [0.05, 0.1) is 17.7 Å². The number of rotatable bonds is 6. The molecule has 0 aromatic carbocycles. The van der Waals surface area contributed by atoms with Crippen LogP contribution in [0.2, 0.25) is 0 Å². The number of aryl methyl sites for hydroxylation is 2. The Morgan fingerprint density at radius 1 is 1.25 bits per heavy atom. The molecular formula is C15H19N5. The van der Waals surface area contributed by atoms with Gasteiger partial charge in [-0.15, -0.1) is 0 Å². The fourth-order valence-electron chi connectivity index (χ4n) is 2.39. The molecule has 0 aliphatic heterocycles. The molecule has 0 radical (unpaired) electrons. The van der Waals surface area contributed by atoms with Crippen LogP contribution >= 0.6 is 0 Å². The topological polar surface area (TPSA) is 47.1 Å². The smallest absolute Gasteiger partial charge is 0.137 e. The van der Waals surface area contributed by atoms with Crippen LogP contribution in [0.3, 0.4) is 0 Å². The molecule has 0 fully saturated rings. The third-order valence-corrected chi connectivity index (χ3v) is 3.45. The molecule has 3 aromatic rings. The van der Waals surface area contributed by atoms with Crippen molar-refractivity contribution in [1.82, 2.24) is 24.3 Å². The Bertz CT molecular complexity index is 669. The summed E-state index contributed by atoms with van der Waals surface area (Å²) in [6.45, 7) is 4.90. The van der Waals surface area contributed by atoms with Crippen molar-refractivity contribution in [2.45, 2.75) is 26.4 Å². The molecule has 5 nitrogen and oxygen atoms in total. The highest BCUT2D eigenvalue weighted by molar-refractivity contribution is 5.42. The fourth-order valence-corrected chi connectivity index (χ4v) is 2.39. The lowest BCUT2D eigenvalue weighted by Gasteiger charge is -2.06. The van der Waals surface area contributed by atoms with Crippen LogP contribution in [0.1, 0.15) is 17.8 Å². The maximum Gasteiger partial charge on any atom is 0.137 e. The first-order chi connectivity index (χ1) is 9.84. The van der Waals surface area contributed by atoms with E-state index in [9.17, 15) is 0 Å². The molecule has 3 aromatic heterocycles. The molecule has 3 heterocycles. The summed E-state index contributed by atoms with van der Waals surface area (Å²) in [4.78, 5) is 8.60. The van der Waals surface area contributed by atoms with Crippen molar-refractivity contribution < 1.29 is 0 Å². The number of hydrogen-bond donors (Lipinski definition) is 1. The van der Waals surface area contributed by atoms with Crippen molar-refractivity contribution in [2.24, 2.45) is 0 Å². The quantitative estimate of drug-likeness (QED) is 0.696. The number of fused-ring (bicyclic) bond motifs is 1. The first kappa shape index (κ1) is 12.9. The van der Waals surface area contributed by atoms with E-state index in [0.29, 0.717) is 0 Å². The Kier molecular flexibility index (Phi) is 3.78. The second-order valence-electron chi connectivity index (χ2n) is 4.90. The first-order valence-corrected chi connectivity index (χ1v) is 6.93. The van der Waals surface area contributed by atoms with E-state index in [1.54, 1.807) is 0 Å². The number of nitrogens with zero attached hydrogens (tertiary/aromatic N) is 4. The second-order valence-corrected chi connectivity index (χ2v) is 4.90. The molecule has 20 heavy (non-hydrogen) atoms. The summed E-state index contributed by atoms with van der Waals surface area (Å²) in [5.41, 5.74) is 3.35. The van der Waals surface area contributed by atoms with Gasteiger partial charge in [0.1, 0.15) is 5.65 Å². The summed E-state index contributed by atoms with van der Waals surface area (Å²) >= 11 is 0. The lowest BCUT2D eigenvalue weighted by atomic mass is 10.3. The van der Waals surface area contributed by atoms with Crippen LogP contribution in [0.15, 0.2) is 43.1 Å². The second kappa shape index (κ2) is 5.88. The fraction of sp³-hybridized carbons (Fsp3) is 0.333. The van der Waals surface area contributed by atoms with Crippen molar-refractivity contribution >= 4 is 5.65 Å². The highest BCUT2D eigenvalue weighted by Gasteiger charge is 2.06. The lowest BCUT2D eigenvalue weighted by molar-refractivity contribution is 0.575. The van der Waals surface area contributed by atoms with Gasteiger partial charge in [-0.25, -0.2) is 9.97 Å². The molecule has 0 aliphatic rings. The Labute approximate surface area is 118 Å². The zero-order valence-electron chi connectivity index (χ0n) is 11.7. The van der Waals surface area contributed by atoms with E-state index in [4.69, 9.17) is 0 Å². The van der Waals surface area contributed by atoms with Gasteiger partial charge in [0.15, 0.2) is 0 Å². The predicted octanol–water partition coefficient (Wildman–Crippen LogP) is 2.02. The number of nitrogens with one attached hydrogen (secondary N) is 1. The van der Waals surface area contributed by atoms with Crippen LogP contribution in [0.4, 0.5) is 0 Å². The van der Waals surface area contributed by atoms with Crippen molar-refractivity contribution in [2.75, 3.05) is 6.54 Å². The van der Waals surface area contributed by atoms with Crippen LogP contribution in [-0.2, 0) is 13.1 Å². The molecule has 0 atom stereocenters. The third-order valence-electron chi connectivity index (χ3n) is 3.45. The Morgan fingerprint density at radius 2 is 2.20 bits per heavy atom. The minimum Gasteiger partial charge on any atom is -0.337 e. The SMILES string of the molecule is Cc1nc2ccccn2c1CNCCCn1ccnc1. The van der Waals surface area contributed by atoms with Gasteiger partial charge in [0, 0.05) is 31.7 Å². The van der Waals surface area contributed by atoms with E-state index >= 15 is 0 Å². The van der Waals surface area contributed by atoms with Crippen LogP contribution in [0.5, 0.6) is 0 Å². The van der Waals surface area contributed by atoms with Crippen molar-refractivity contribution in [3.05, 3.63) is 54.5 Å². The summed E-state index contributed by atoms with van der Waals surface area (Å²) in [6, 6.07) is 6.09. The molecule has 0 aliphatic carbocycles. The van der Waals surface area contributed by atoms with Gasteiger partial charge in [0.2, 0.25) is 0 Å². The Morgan fingerprint density at radius 3 is 3.05 bits per heavy atom. The number of imidazole rings is 2. The number of pyridine rings is 1. The minimum atomic E-state index is 0.848. The van der Waals surface area contributed by atoms with E-state index in [2.05, 4.69) is 37.4 Å². The molecule has 3 rings (SSSR count). The van der Waals surface area contributed by atoms with E-state index < -0.39 is 0 Å². The zero-order chi connectivity index (χ0) is 13.8. The van der Waals surface area contributed by atoms with Crippen molar-refractivity contribution in [1.29, 1.82) is 0 Å². The molecule has 0 amide bonds. The van der Waals surface area contributed by atoms with E-state index in [-0.39, 0.29) is 0 Å². The normalized spacial score (nSPS) is 11.2. The summed E-state index contributed by atoms with van der Waals surface area (Å²) in [7, 11) is 0. The first-order valence-electron chi connectivity index (χ1n) is 6.93. The van der Waals surface area contributed by atoms with Crippen molar-refractivity contribution in [3.63, 3.8) is 0 Å². The average Bonchev–Trinajstić information content (AvgIpc) is 3.06. The van der Waals surface area contributed by atoms with Gasteiger partial charge in [-0.05, 0) is 32.0 Å². The van der Waals surface area contributed by atoms with Gasteiger partial charge in [-0.3, -0.25) is 0 Å². The molecule has 0 spiro atoms. The largest absolute Gasteiger partial charge is 0.337 e. The zero-order valence-corrected chi connectivity index (χ0v) is 11.7. The highest BCUT2D eigenvalue weighted by atomic mass is 15.0. The van der Waals surface area contributed by atoms with Gasteiger partial charge in [-0.2, -0.15) is 0 Å². The Hall–Kier alpha value is -2.14. The standard InChI is InChI=1S/C15H19N5/c1-13-14(20-9-3-2-5-15(20)18-13)11-16-6-4-8-19-10-7-17-12-19/h2-3,5,7,9-10,12,16H,4,6,8,11H2,1H3. The third kappa shape index (κ3) is 2.72. The van der Waals surface area contributed by atoms with Gasteiger partial charge in [0.25, 0.3) is 0 Å². The number of hydrogen-bond acceptors (Lipinski definition) is 3. The van der Waals surface area contributed by atoms with Crippen LogP contribution in [-0.4, -0.2) is 25.5 Å². The van der Waals surface area contributed by atoms with Crippen LogP contribution < -0.4 is 5.32 Å². The summed E-state index contributed by atoms with van der Waals surface area (Å²) in [5, 5.41) is 3.49. The molecule has 0 saturated heterocycles. The molecule has 1 N–H and O–H groups in total. The molecule has 0 bridgehead atoms. The van der Waals surface area contributed by atoms with Crippen LogP contribution in [0, 0.1) is 6.92 Å². The van der Waals surface area contributed by atoms with E-state index in [0.717, 1.165) is 37.4 Å². The maximum absolute atomic E-state index is 4.56. The monoisotopic (exact) mass is 269 g/mol. The van der Waals surface area contributed by atoms with Crippen LogP contribution in [0.25, 0.3) is 5.65 Å². The van der Waals surface area contributed by atoms with Gasteiger partial charge >= 0.3 is 0 Å². The van der Waals surface area contributed by atoms with E-state index in [1.807, 2.05) is 36.9 Å². The average molecular weight is 269 g/mol.